The molecular weight excluding hydrogens is 198 g/mol. The maximum atomic E-state index is 12.0. The number of nitrogens with zero attached hydrogens (tertiary/aromatic N) is 2. The van der Waals surface area contributed by atoms with Crippen molar-refractivity contribution in [1.29, 1.82) is 0 Å². The summed E-state index contributed by atoms with van der Waals surface area (Å²) < 4.78 is 24.0. The number of carbonyl (C=O) groups excluding carboxylic acids is 1. The first-order valence-electron chi connectivity index (χ1n) is 3.96. The third kappa shape index (κ3) is 1.91. The number of alkyl halides is 2. The van der Waals surface area contributed by atoms with Gasteiger partial charge in [0.1, 0.15) is 6.04 Å². The second-order valence-corrected chi connectivity index (χ2v) is 3.06. The van der Waals surface area contributed by atoms with Crippen molar-refractivity contribution in [2.75, 3.05) is 20.1 Å². The first kappa shape index (κ1) is 10.7. The van der Waals surface area contributed by atoms with Crippen LogP contribution in [0.4, 0.5) is 13.6 Å². The fraction of sp³-hybridized carbons (Fsp3) is 0.714. The van der Waals surface area contributed by atoms with Crippen LogP contribution in [0.5, 0.6) is 0 Å². The predicted octanol–water partition coefficient (Wildman–Crippen LogP) is 0.0721. The first-order valence-corrected chi connectivity index (χ1v) is 3.96. The Hall–Kier alpha value is -1.40. The highest BCUT2D eigenvalue weighted by Crippen LogP contribution is 2.15. The zero-order valence-electron chi connectivity index (χ0n) is 7.48. The molecule has 1 saturated heterocycles. The van der Waals surface area contributed by atoms with E-state index < -0.39 is 31.0 Å². The van der Waals surface area contributed by atoms with Gasteiger partial charge in [0, 0.05) is 7.05 Å². The maximum Gasteiger partial charge on any atom is 0.328 e. The van der Waals surface area contributed by atoms with E-state index in [-0.39, 0.29) is 6.54 Å². The molecule has 1 unspecified atom stereocenters. The van der Waals surface area contributed by atoms with E-state index in [0.29, 0.717) is 4.90 Å². The van der Waals surface area contributed by atoms with Gasteiger partial charge in [-0.2, -0.15) is 0 Å². The maximum absolute atomic E-state index is 12.0. The van der Waals surface area contributed by atoms with Crippen LogP contribution in [-0.2, 0) is 4.79 Å². The van der Waals surface area contributed by atoms with Crippen LogP contribution in [0.3, 0.4) is 0 Å². The fourth-order valence-corrected chi connectivity index (χ4v) is 1.35. The second kappa shape index (κ2) is 3.77. The van der Waals surface area contributed by atoms with Crippen LogP contribution in [0.1, 0.15) is 0 Å². The van der Waals surface area contributed by atoms with Gasteiger partial charge in [-0.05, 0) is 0 Å². The molecule has 5 nitrogen and oxygen atoms in total. The van der Waals surface area contributed by atoms with Crippen molar-refractivity contribution in [2.24, 2.45) is 0 Å². The van der Waals surface area contributed by atoms with Crippen LogP contribution >= 0.6 is 0 Å². The SMILES string of the molecule is CN1CC(C(=O)O)N(CC(F)F)C1=O. The highest BCUT2D eigenvalue weighted by molar-refractivity contribution is 5.86. The number of amides is 2. The van der Waals surface area contributed by atoms with Crippen molar-refractivity contribution < 1.29 is 23.5 Å². The molecule has 0 radical (unpaired) electrons. The molecule has 0 aromatic rings. The van der Waals surface area contributed by atoms with Crippen LogP contribution in [0, 0.1) is 0 Å². The Labute approximate surface area is 78.9 Å². The number of aliphatic carboxylic acids is 1. The minimum absolute atomic E-state index is 0.0547. The van der Waals surface area contributed by atoms with Crippen molar-refractivity contribution in [3.05, 3.63) is 0 Å². The number of hydrogen-bond acceptors (Lipinski definition) is 2. The largest absolute Gasteiger partial charge is 0.480 e. The minimum atomic E-state index is -2.72. The Morgan fingerprint density at radius 3 is 2.71 bits per heavy atom. The molecule has 0 aromatic heterocycles. The van der Waals surface area contributed by atoms with Gasteiger partial charge in [-0.3, -0.25) is 0 Å². The van der Waals surface area contributed by atoms with Crippen molar-refractivity contribution in [1.82, 2.24) is 9.80 Å². The molecule has 1 fully saturated rings. The van der Waals surface area contributed by atoms with Crippen LogP contribution in [0.2, 0.25) is 0 Å². The summed E-state index contributed by atoms with van der Waals surface area (Å²) in [6.07, 6.45) is -2.72. The summed E-state index contributed by atoms with van der Waals surface area (Å²) in [4.78, 5) is 23.6. The molecule has 1 rings (SSSR count). The standard InChI is InChI=1S/C7H10F2N2O3/c1-10-2-4(6(12)13)11(7(10)14)3-5(8)9/h4-5H,2-3H2,1H3,(H,12,13). The van der Waals surface area contributed by atoms with Crippen LogP contribution in [0.25, 0.3) is 0 Å². The molecule has 0 aromatic carbocycles. The van der Waals surface area contributed by atoms with E-state index in [0.717, 1.165) is 4.90 Å². The summed E-state index contributed by atoms with van der Waals surface area (Å²) in [5.74, 6) is -1.26. The van der Waals surface area contributed by atoms with Gasteiger partial charge < -0.3 is 14.9 Å². The van der Waals surface area contributed by atoms with Crippen molar-refractivity contribution in [3.63, 3.8) is 0 Å². The smallest absolute Gasteiger partial charge is 0.328 e. The molecule has 14 heavy (non-hydrogen) atoms. The summed E-state index contributed by atoms with van der Waals surface area (Å²) in [5, 5.41) is 8.67. The number of halogens is 2. The zero-order valence-corrected chi connectivity index (χ0v) is 7.48. The summed E-state index contributed by atoms with van der Waals surface area (Å²) in [6, 6.07) is -1.83. The Morgan fingerprint density at radius 2 is 2.29 bits per heavy atom. The molecule has 7 heteroatoms. The predicted molar refractivity (Wildman–Crippen MR) is 42.2 cm³/mol. The number of rotatable bonds is 3. The number of hydrogen-bond donors (Lipinski definition) is 1. The number of urea groups is 1. The minimum Gasteiger partial charge on any atom is -0.480 e. The van der Waals surface area contributed by atoms with Gasteiger partial charge in [-0.15, -0.1) is 0 Å². The highest BCUT2D eigenvalue weighted by atomic mass is 19.3. The van der Waals surface area contributed by atoms with Crippen molar-refractivity contribution in [3.8, 4) is 0 Å². The average Bonchev–Trinajstić information content (AvgIpc) is 2.32. The average molecular weight is 208 g/mol. The molecule has 1 aliphatic rings. The highest BCUT2D eigenvalue weighted by Gasteiger charge is 2.40. The first-order chi connectivity index (χ1) is 6.43. The number of carboxylic acid groups (broad SMARTS) is 1. The van der Waals surface area contributed by atoms with Gasteiger partial charge in [-0.25, -0.2) is 18.4 Å². The third-order valence-corrected chi connectivity index (χ3v) is 2.02. The molecule has 0 saturated carbocycles. The van der Waals surface area contributed by atoms with Gasteiger partial charge in [0.2, 0.25) is 0 Å². The summed E-state index contributed by atoms with van der Waals surface area (Å²) in [5.41, 5.74) is 0. The number of carbonyl (C=O) groups is 2. The lowest BCUT2D eigenvalue weighted by molar-refractivity contribution is -0.141. The molecule has 2 amide bonds. The monoisotopic (exact) mass is 208 g/mol. The van der Waals surface area contributed by atoms with E-state index in [1.54, 1.807) is 0 Å². The van der Waals surface area contributed by atoms with Crippen molar-refractivity contribution >= 4 is 12.0 Å². The van der Waals surface area contributed by atoms with Crippen molar-refractivity contribution in [2.45, 2.75) is 12.5 Å². The second-order valence-electron chi connectivity index (χ2n) is 3.06. The van der Waals surface area contributed by atoms with Crippen LogP contribution in [-0.4, -0.2) is 59.5 Å². The van der Waals surface area contributed by atoms with Gasteiger partial charge in [-0.1, -0.05) is 0 Å². The lowest BCUT2D eigenvalue weighted by atomic mass is 10.3. The van der Waals surface area contributed by atoms with E-state index in [9.17, 15) is 18.4 Å². The van der Waals surface area contributed by atoms with Crippen LogP contribution < -0.4 is 0 Å². The van der Waals surface area contributed by atoms with E-state index >= 15 is 0 Å². The van der Waals surface area contributed by atoms with Gasteiger partial charge in [0.25, 0.3) is 6.43 Å². The normalized spacial score (nSPS) is 22.3. The topological polar surface area (TPSA) is 60.9 Å². The molecule has 0 aliphatic carbocycles. The zero-order chi connectivity index (χ0) is 10.9. The Morgan fingerprint density at radius 1 is 1.71 bits per heavy atom. The third-order valence-electron chi connectivity index (χ3n) is 2.02. The lowest BCUT2D eigenvalue weighted by Gasteiger charge is -2.19. The summed E-state index contributed by atoms with van der Waals surface area (Å²) in [6.45, 7) is -0.888. The molecule has 0 bridgehead atoms. The Balaban J connectivity index is 2.76. The molecule has 1 atom stereocenters. The number of likely N-dealkylation sites (N-methyl/N-ethyl adjacent to an activating group) is 1. The molecular formula is C7H10F2N2O3. The van der Waals surface area contributed by atoms with Crippen LogP contribution in [0.15, 0.2) is 0 Å². The molecule has 1 aliphatic heterocycles. The van der Waals surface area contributed by atoms with Gasteiger partial charge in [0.15, 0.2) is 0 Å². The fourth-order valence-electron chi connectivity index (χ4n) is 1.35. The lowest BCUT2D eigenvalue weighted by Crippen LogP contribution is -2.42. The number of carboxylic acids is 1. The van der Waals surface area contributed by atoms with E-state index in [1.807, 2.05) is 0 Å². The summed E-state index contributed by atoms with van der Waals surface area (Å²) in [7, 11) is 1.38. The Kier molecular flexibility index (Phi) is 2.87. The molecule has 0 spiro atoms. The van der Waals surface area contributed by atoms with E-state index in [2.05, 4.69) is 0 Å². The van der Waals surface area contributed by atoms with Gasteiger partial charge in [0.05, 0.1) is 13.1 Å². The van der Waals surface area contributed by atoms with E-state index in [1.165, 1.54) is 7.05 Å². The van der Waals surface area contributed by atoms with Gasteiger partial charge >= 0.3 is 12.0 Å². The summed E-state index contributed by atoms with van der Waals surface area (Å²) >= 11 is 0. The molecule has 1 N–H and O–H groups in total. The van der Waals surface area contributed by atoms with E-state index in [4.69, 9.17) is 5.11 Å². The Bertz CT molecular complexity index is 259. The molecule has 1 heterocycles. The quantitative estimate of drug-likeness (QED) is 0.714. The molecule has 80 valence electrons.